The number of anilines is 3. The molecule has 21 heavy (non-hydrogen) atoms. The number of morpholine rings is 1. The number of nitrogens with two attached hydrogens (primary N) is 2. The van der Waals surface area contributed by atoms with Gasteiger partial charge in [-0.05, 0) is 6.92 Å². The fourth-order valence-corrected chi connectivity index (χ4v) is 2.12. The van der Waals surface area contributed by atoms with Crippen molar-refractivity contribution in [1.29, 1.82) is 0 Å². The van der Waals surface area contributed by atoms with Crippen molar-refractivity contribution < 1.29 is 4.74 Å². The van der Waals surface area contributed by atoms with Crippen LogP contribution in [0.25, 0.3) is 11.4 Å². The largest absolute Gasteiger partial charge is 0.377 e. The number of aromatic nitrogens is 5. The maximum absolute atomic E-state index is 5.79. The zero-order valence-corrected chi connectivity index (χ0v) is 11.6. The monoisotopic (exact) mass is 288 g/mol. The molecule has 4 N–H and O–H groups in total. The van der Waals surface area contributed by atoms with Crippen LogP contribution in [0.15, 0.2) is 12.4 Å². The number of hydrogen-bond donors (Lipinski definition) is 2. The van der Waals surface area contributed by atoms with E-state index >= 15 is 0 Å². The molecule has 0 spiro atoms. The summed E-state index contributed by atoms with van der Waals surface area (Å²) >= 11 is 0. The first-order valence-electron chi connectivity index (χ1n) is 6.57. The average Bonchev–Trinajstić information content (AvgIpc) is 2.48. The van der Waals surface area contributed by atoms with E-state index in [-0.39, 0.29) is 17.9 Å². The third kappa shape index (κ3) is 2.82. The molecule has 1 atom stereocenters. The van der Waals surface area contributed by atoms with Gasteiger partial charge in [0, 0.05) is 18.9 Å². The van der Waals surface area contributed by atoms with Gasteiger partial charge in [-0.2, -0.15) is 15.0 Å². The molecule has 0 amide bonds. The second-order valence-electron chi connectivity index (χ2n) is 4.76. The predicted octanol–water partition coefficient (Wildman–Crippen LogP) is -0.282. The molecule has 0 saturated carbocycles. The van der Waals surface area contributed by atoms with E-state index in [1.165, 1.54) is 0 Å². The molecule has 3 heterocycles. The van der Waals surface area contributed by atoms with E-state index in [1.54, 1.807) is 12.4 Å². The van der Waals surface area contributed by atoms with Gasteiger partial charge in [0.2, 0.25) is 17.8 Å². The molecule has 1 fully saturated rings. The maximum Gasteiger partial charge on any atom is 0.231 e. The molecule has 0 radical (unpaired) electrons. The van der Waals surface area contributed by atoms with E-state index in [4.69, 9.17) is 16.2 Å². The van der Waals surface area contributed by atoms with Crippen molar-refractivity contribution in [2.75, 3.05) is 36.1 Å². The molecule has 1 aliphatic rings. The Kier molecular flexibility index (Phi) is 3.48. The number of nitrogen functional groups attached to an aromatic ring is 2. The van der Waals surface area contributed by atoms with Crippen LogP contribution in [0.2, 0.25) is 0 Å². The van der Waals surface area contributed by atoms with E-state index in [9.17, 15) is 0 Å². The SMILES string of the molecule is C[C@H]1COCCN1c1nc(N)nc(-c2cnc(N)nc2)n1. The van der Waals surface area contributed by atoms with E-state index in [2.05, 4.69) is 24.9 Å². The lowest BCUT2D eigenvalue weighted by Gasteiger charge is -2.33. The van der Waals surface area contributed by atoms with Gasteiger partial charge < -0.3 is 21.1 Å². The normalized spacial score (nSPS) is 18.7. The van der Waals surface area contributed by atoms with Crippen molar-refractivity contribution in [1.82, 2.24) is 24.9 Å². The Morgan fingerprint density at radius 3 is 2.62 bits per heavy atom. The van der Waals surface area contributed by atoms with Crippen molar-refractivity contribution >= 4 is 17.8 Å². The molecule has 1 saturated heterocycles. The summed E-state index contributed by atoms with van der Waals surface area (Å²) in [6, 6.07) is 0.177. The van der Waals surface area contributed by atoms with Crippen molar-refractivity contribution in [2.24, 2.45) is 0 Å². The Labute approximate surface area is 121 Å². The summed E-state index contributed by atoms with van der Waals surface area (Å²) in [4.78, 5) is 22.7. The molecule has 9 nitrogen and oxygen atoms in total. The van der Waals surface area contributed by atoms with E-state index in [1.807, 2.05) is 11.8 Å². The van der Waals surface area contributed by atoms with Gasteiger partial charge in [0.15, 0.2) is 5.82 Å². The highest BCUT2D eigenvalue weighted by atomic mass is 16.5. The summed E-state index contributed by atoms with van der Waals surface area (Å²) in [6.07, 6.45) is 3.12. The van der Waals surface area contributed by atoms with Gasteiger partial charge in [-0.3, -0.25) is 0 Å². The van der Waals surface area contributed by atoms with Crippen LogP contribution in [0.1, 0.15) is 6.92 Å². The number of nitrogens with zero attached hydrogens (tertiary/aromatic N) is 6. The average molecular weight is 288 g/mol. The second kappa shape index (κ2) is 5.44. The smallest absolute Gasteiger partial charge is 0.231 e. The molecule has 0 unspecified atom stereocenters. The zero-order chi connectivity index (χ0) is 14.8. The van der Waals surface area contributed by atoms with Crippen molar-refractivity contribution in [3.63, 3.8) is 0 Å². The molecule has 0 bridgehead atoms. The Morgan fingerprint density at radius 1 is 1.14 bits per heavy atom. The highest BCUT2D eigenvalue weighted by Gasteiger charge is 2.22. The number of hydrogen-bond acceptors (Lipinski definition) is 9. The van der Waals surface area contributed by atoms with Gasteiger partial charge in [-0.1, -0.05) is 0 Å². The van der Waals surface area contributed by atoms with Crippen LogP contribution in [0.5, 0.6) is 0 Å². The number of ether oxygens (including phenoxy) is 1. The summed E-state index contributed by atoms with van der Waals surface area (Å²) in [7, 11) is 0. The Balaban J connectivity index is 1.97. The first-order valence-corrected chi connectivity index (χ1v) is 6.57. The molecule has 0 aromatic carbocycles. The van der Waals surface area contributed by atoms with Gasteiger partial charge in [0.05, 0.1) is 24.8 Å². The van der Waals surface area contributed by atoms with Gasteiger partial charge in [-0.25, -0.2) is 9.97 Å². The lowest BCUT2D eigenvalue weighted by atomic mass is 10.3. The van der Waals surface area contributed by atoms with E-state index in [0.717, 1.165) is 0 Å². The first-order chi connectivity index (χ1) is 10.1. The Morgan fingerprint density at radius 2 is 1.90 bits per heavy atom. The van der Waals surface area contributed by atoms with Crippen LogP contribution in [0, 0.1) is 0 Å². The molecule has 0 aliphatic carbocycles. The highest BCUT2D eigenvalue weighted by Crippen LogP contribution is 2.20. The van der Waals surface area contributed by atoms with Crippen LogP contribution in [-0.4, -0.2) is 50.7 Å². The minimum absolute atomic E-state index is 0.158. The van der Waals surface area contributed by atoms with Gasteiger partial charge in [0.25, 0.3) is 0 Å². The predicted molar refractivity (Wildman–Crippen MR) is 77.3 cm³/mol. The Hall–Kier alpha value is -2.55. The second-order valence-corrected chi connectivity index (χ2v) is 4.76. The lowest BCUT2D eigenvalue weighted by Crippen LogP contribution is -2.44. The fourth-order valence-electron chi connectivity index (χ4n) is 2.12. The van der Waals surface area contributed by atoms with Gasteiger partial charge in [0.1, 0.15) is 0 Å². The molecule has 9 heteroatoms. The Bertz CT molecular complexity index is 632. The maximum atomic E-state index is 5.79. The van der Waals surface area contributed by atoms with Crippen molar-refractivity contribution in [2.45, 2.75) is 13.0 Å². The van der Waals surface area contributed by atoms with Crippen LogP contribution in [0.4, 0.5) is 17.8 Å². The summed E-state index contributed by atoms with van der Waals surface area (Å²) in [5, 5.41) is 0. The summed E-state index contributed by atoms with van der Waals surface area (Å²) in [5.41, 5.74) is 11.9. The molecule has 3 rings (SSSR count). The van der Waals surface area contributed by atoms with E-state index in [0.29, 0.717) is 37.1 Å². The lowest BCUT2D eigenvalue weighted by molar-refractivity contribution is 0.0981. The van der Waals surface area contributed by atoms with Crippen LogP contribution >= 0.6 is 0 Å². The molecular formula is C12H16N8O. The molecule has 2 aromatic heterocycles. The van der Waals surface area contributed by atoms with E-state index < -0.39 is 0 Å². The van der Waals surface area contributed by atoms with Crippen molar-refractivity contribution in [3.8, 4) is 11.4 Å². The highest BCUT2D eigenvalue weighted by molar-refractivity contribution is 5.56. The van der Waals surface area contributed by atoms with Crippen molar-refractivity contribution in [3.05, 3.63) is 12.4 Å². The zero-order valence-electron chi connectivity index (χ0n) is 11.6. The topological polar surface area (TPSA) is 129 Å². The molecular weight excluding hydrogens is 272 g/mol. The third-order valence-corrected chi connectivity index (χ3v) is 3.20. The minimum atomic E-state index is 0.158. The quantitative estimate of drug-likeness (QED) is 0.766. The summed E-state index contributed by atoms with van der Waals surface area (Å²) in [5.74, 6) is 1.31. The molecule has 110 valence electrons. The summed E-state index contributed by atoms with van der Waals surface area (Å²) in [6.45, 7) is 4.02. The van der Waals surface area contributed by atoms with Crippen LogP contribution in [-0.2, 0) is 4.74 Å². The third-order valence-electron chi connectivity index (χ3n) is 3.20. The molecule has 1 aliphatic heterocycles. The van der Waals surface area contributed by atoms with Gasteiger partial charge >= 0.3 is 0 Å². The standard InChI is InChI=1S/C12H16N8O/c1-7-6-21-3-2-20(7)12-18-9(17-11(14)19-12)8-4-15-10(13)16-5-8/h4-5,7H,2-3,6H2,1H3,(H2,13,15,16)(H2,14,17,18,19)/t7-/m0/s1. The fraction of sp³-hybridized carbons (Fsp3) is 0.417. The van der Waals surface area contributed by atoms with Crippen LogP contribution < -0.4 is 16.4 Å². The minimum Gasteiger partial charge on any atom is -0.377 e. The first kappa shape index (κ1) is 13.4. The van der Waals surface area contributed by atoms with Crippen LogP contribution in [0.3, 0.4) is 0 Å². The summed E-state index contributed by atoms with van der Waals surface area (Å²) < 4.78 is 5.41. The van der Waals surface area contributed by atoms with Gasteiger partial charge in [-0.15, -0.1) is 0 Å². The number of rotatable bonds is 2. The molecule has 2 aromatic rings.